The van der Waals surface area contributed by atoms with E-state index in [1.54, 1.807) is 0 Å². The van der Waals surface area contributed by atoms with Crippen molar-refractivity contribution < 1.29 is 4.74 Å². The number of benzene rings is 1. The van der Waals surface area contributed by atoms with Crippen molar-refractivity contribution in [2.45, 2.75) is 26.5 Å². The molecule has 5 nitrogen and oxygen atoms in total. The van der Waals surface area contributed by atoms with Gasteiger partial charge in [0, 0.05) is 25.8 Å². The average Bonchev–Trinajstić information content (AvgIpc) is 2.52. The fraction of sp³-hybridized carbons (Fsp3) is 0.375. The number of fused-ring (bicyclic) bond motifs is 1. The van der Waals surface area contributed by atoms with Crippen molar-refractivity contribution in [2.24, 2.45) is 0 Å². The number of hydrogen-bond acceptors (Lipinski definition) is 5. The van der Waals surface area contributed by atoms with Gasteiger partial charge in [0.15, 0.2) is 5.82 Å². The minimum atomic E-state index is 0.402. The molecule has 2 aromatic rings. The topological polar surface area (TPSA) is 64.3 Å². The molecule has 1 aliphatic heterocycles. The van der Waals surface area contributed by atoms with Crippen LogP contribution in [0, 0.1) is 0 Å². The van der Waals surface area contributed by atoms with E-state index in [0.717, 1.165) is 25.3 Å². The van der Waals surface area contributed by atoms with Gasteiger partial charge in [-0.15, -0.1) is 0 Å². The monoisotopic (exact) mass is 284 g/mol. The first kappa shape index (κ1) is 13.8. The van der Waals surface area contributed by atoms with Gasteiger partial charge in [-0.1, -0.05) is 24.3 Å². The SMILES string of the molecule is CCOCc1nc(N)cc(N2CCc3ccccc3C2)n1. The van der Waals surface area contributed by atoms with Crippen LogP contribution in [0.3, 0.4) is 0 Å². The maximum absolute atomic E-state index is 5.90. The number of rotatable bonds is 4. The van der Waals surface area contributed by atoms with Gasteiger partial charge < -0.3 is 15.4 Å². The predicted octanol–water partition coefficient (Wildman–Crippen LogP) is 2.16. The molecule has 0 amide bonds. The molecule has 0 fully saturated rings. The molecule has 5 heteroatoms. The normalized spacial score (nSPS) is 14.0. The minimum Gasteiger partial charge on any atom is -0.384 e. The highest BCUT2D eigenvalue weighted by molar-refractivity contribution is 5.49. The summed E-state index contributed by atoms with van der Waals surface area (Å²) in [5.41, 5.74) is 8.67. The zero-order valence-corrected chi connectivity index (χ0v) is 12.2. The Hall–Kier alpha value is -2.14. The molecule has 0 saturated heterocycles. The molecule has 0 aliphatic carbocycles. The lowest BCUT2D eigenvalue weighted by Crippen LogP contribution is -2.31. The summed E-state index contributed by atoms with van der Waals surface area (Å²) in [6.07, 6.45) is 1.03. The molecule has 1 aromatic heterocycles. The summed E-state index contributed by atoms with van der Waals surface area (Å²) in [6, 6.07) is 10.4. The van der Waals surface area contributed by atoms with Gasteiger partial charge in [0.2, 0.25) is 0 Å². The van der Waals surface area contributed by atoms with E-state index in [4.69, 9.17) is 10.5 Å². The van der Waals surface area contributed by atoms with Crippen LogP contribution < -0.4 is 10.6 Å². The van der Waals surface area contributed by atoms with Crippen molar-refractivity contribution in [2.75, 3.05) is 23.8 Å². The smallest absolute Gasteiger partial charge is 0.158 e. The van der Waals surface area contributed by atoms with Gasteiger partial charge in [-0.25, -0.2) is 9.97 Å². The average molecular weight is 284 g/mol. The zero-order valence-electron chi connectivity index (χ0n) is 12.2. The lowest BCUT2D eigenvalue weighted by molar-refractivity contribution is 0.128. The second-order valence-corrected chi connectivity index (χ2v) is 5.14. The third kappa shape index (κ3) is 3.13. The van der Waals surface area contributed by atoms with Crippen molar-refractivity contribution in [3.05, 3.63) is 47.3 Å². The summed E-state index contributed by atoms with van der Waals surface area (Å²) in [4.78, 5) is 11.0. The number of nitrogen functional groups attached to an aromatic ring is 1. The maximum atomic E-state index is 5.90. The molecule has 3 rings (SSSR count). The number of anilines is 2. The molecule has 0 bridgehead atoms. The molecule has 0 spiro atoms. The van der Waals surface area contributed by atoms with Gasteiger partial charge in [-0.3, -0.25) is 0 Å². The highest BCUT2D eigenvalue weighted by Gasteiger charge is 2.18. The van der Waals surface area contributed by atoms with Gasteiger partial charge >= 0.3 is 0 Å². The second kappa shape index (κ2) is 6.10. The van der Waals surface area contributed by atoms with Crippen LogP contribution in [0.25, 0.3) is 0 Å². The first-order valence-corrected chi connectivity index (χ1v) is 7.29. The number of aromatic nitrogens is 2. The van der Waals surface area contributed by atoms with Crippen molar-refractivity contribution in [1.29, 1.82) is 0 Å². The molecular weight excluding hydrogens is 264 g/mol. The maximum Gasteiger partial charge on any atom is 0.158 e. The van der Waals surface area contributed by atoms with Crippen molar-refractivity contribution in [3.63, 3.8) is 0 Å². The summed E-state index contributed by atoms with van der Waals surface area (Å²) in [6.45, 7) is 4.81. The van der Waals surface area contributed by atoms with Crippen molar-refractivity contribution in [1.82, 2.24) is 9.97 Å². The van der Waals surface area contributed by atoms with E-state index in [1.165, 1.54) is 11.1 Å². The van der Waals surface area contributed by atoms with Gasteiger partial charge in [-0.05, 0) is 24.5 Å². The molecule has 0 unspecified atom stereocenters. The van der Waals surface area contributed by atoms with Gasteiger partial charge in [0.05, 0.1) is 0 Å². The number of hydrogen-bond donors (Lipinski definition) is 1. The summed E-state index contributed by atoms with van der Waals surface area (Å²) >= 11 is 0. The first-order valence-electron chi connectivity index (χ1n) is 7.29. The summed E-state index contributed by atoms with van der Waals surface area (Å²) < 4.78 is 5.37. The molecular formula is C16H20N4O. The van der Waals surface area contributed by atoms with Crippen LogP contribution in [0.1, 0.15) is 23.9 Å². The minimum absolute atomic E-state index is 0.402. The molecule has 2 heterocycles. The Morgan fingerprint density at radius 2 is 2.05 bits per heavy atom. The van der Waals surface area contributed by atoms with E-state index >= 15 is 0 Å². The number of nitrogens with zero attached hydrogens (tertiary/aromatic N) is 3. The zero-order chi connectivity index (χ0) is 14.7. The summed E-state index contributed by atoms with van der Waals surface area (Å²) in [5, 5.41) is 0. The predicted molar refractivity (Wildman–Crippen MR) is 83.0 cm³/mol. The molecule has 0 radical (unpaired) electrons. The standard InChI is InChI=1S/C16H20N4O/c1-2-21-11-15-18-14(17)9-16(19-15)20-8-7-12-5-3-4-6-13(12)10-20/h3-6,9H,2,7-8,10-11H2,1H3,(H2,17,18,19). The lowest BCUT2D eigenvalue weighted by Gasteiger charge is -2.30. The molecule has 2 N–H and O–H groups in total. The Morgan fingerprint density at radius 3 is 2.86 bits per heavy atom. The molecule has 0 saturated carbocycles. The van der Waals surface area contributed by atoms with Gasteiger partial charge in [0.25, 0.3) is 0 Å². The first-order chi connectivity index (χ1) is 10.3. The lowest BCUT2D eigenvalue weighted by atomic mass is 10.00. The Kier molecular flexibility index (Phi) is 4.01. The van der Waals surface area contributed by atoms with Crippen LogP contribution in [-0.4, -0.2) is 23.1 Å². The Bertz CT molecular complexity index is 629. The molecule has 110 valence electrons. The van der Waals surface area contributed by atoms with Crippen molar-refractivity contribution in [3.8, 4) is 0 Å². The van der Waals surface area contributed by atoms with Gasteiger partial charge in [-0.2, -0.15) is 0 Å². The summed E-state index contributed by atoms with van der Waals surface area (Å²) in [5.74, 6) is 2.02. The van der Waals surface area contributed by atoms with Crippen LogP contribution in [0.4, 0.5) is 11.6 Å². The second-order valence-electron chi connectivity index (χ2n) is 5.14. The van der Waals surface area contributed by atoms with Crippen LogP contribution in [0.15, 0.2) is 30.3 Å². The number of ether oxygens (including phenoxy) is 1. The third-order valence-corrected chi connectivity index (χ3v) is 3.67. The highest BCUT2D eigenvalue weighted by atomic mass is 16.5. The highest BCUT2D eigenvalue weighted by Crippen LogP contribution is 2.24. The fourth-order valence-corrected chi connectivity index (χ4v) is 2.61. The third-order valence-electron chi connectivity index (χ3n) is 3.67. The van der Waals surface area contributed by atoms with Crippen LogP contribution in [0.2, 0.25) is 0 Å². The van der Waals surface area contributed by atoms with Gasteiger partial charge in [0.1, 0.15) is 18.2 Å². The van der Waals surface area contributed by atoms with E-state index in [-0.39, 0.29) is 0 Å². The Balaban J connectivity index is 1.83. The van der Waals surface area contributed by atoms with E-state index in [0.29, 0.717) is 24.9 Å². The van der Waals surface area contributed by atoms with E-state index in [9.17, 15) is 0 Å². The molecule has 1 aromatic carbocycles. The van der Waals surface area contributed by atoms with Crippen LogP contribution >= 0.6 is 0 Å². The van der Waals surface area contributed by atoms with E-state index < -0.39 is 0 Å². The number of nitrogens with two attached hydrogens (primary N) is 1. The van der Waals surface area contributed by atoms with E-state index in [1.807, 2.05) is 13.0 Å². The van der Waals surface area contributed by atoms with Crippen molar-refractivity contribution >= 4 is 11.6 Å². The largest absolute Gasteiger partial charge is 0.384 e. The molecule has 1 aliphatic rings. The molecule has 0 atom stereocenters. The Labute approximate surface area is 124 Å². The van der Waals surface area contributed by atoms with Crippen LogP contribution in [0.5, 0.6) is 0 Å². The Morgan fingerprint density at radius 1 is 1.24 bits per heavy atom. The molecule has 21 heavy (non-hydrogen) atoms. The summed E-state index contributed by atoms with van der Waals surface area (Å²) in [7, 11) is 0. The van der Waals surface area contributed by atoms with Crippen LogP contribution in [-0.2, 0) is 24.3 Å². The van der Waals surface area contributed by atoms with E-state index in [2.05, 4.69) is 39.1 Å². The fourth-order valence-electron chi connectivity index (χ4n) is 2.61. The quantitative estimate of drug-likeness (QED) is 0.932.